The molecule has 1 aromatic carbocycles. The van der Waals surface area contributed by atoms with E-state index in [-0.39, 0.29) is 5.75 Å². The van der Waals surface area contributed by atoms with E-state index in [2.05, 4.69) is 0 Å². The summed E-state index contributed by atoms with van der Waals surface area (Å²) in [7, 11) is 1.65. The standard InChI is InChI=1S/C13H16N2O5S/c1-15(2)21(16,17)20-11-9-13(19-4)12(18-3)8-10(11)6-5-7-14/h5-6,8-9H,1-4H3. The molecule has 0 saturated carbocycles. The molecule has 0 saturated heterocycles. The first-order valence-electron chi connectivity index (χ1n) is 5.79. The fraction of sp³-hybridized carbons (Fsp3) is 0.308. The second kappa shape index (κ2) is 6.97. The number of hydrogen-bond donors (Lipinski definition) is 0. The Hall–Kier alpha value is -2.24. The molecule has 8 heteroatoms. The summed E-state index contributed by atoms with van der Waals surface area (Å²) in [6.45, 7) is 0. The van der Waals surface area contributed by atoms with Crippen molar-refractivity contribution < 1.29 is 22.1 Å². The monoisotopic (exact) mass is 312 g/mol. The predicted octanol–water partition coefficient (Wildman–Crippen LogP) is 1.43. The summed E-state index contributed by atoms with van der Waals surface area (Å²) in [6, 6.07) is 4.73. The van der Waals surface area contributed by atoms with Crippen LogP contribution in [0.15, 0.2) is 18.2 Å². The summed E-state index contributed by atoms with van der Waals surface area (Å²) < 4.78 is 39.9. The Morgan fingerprint density at radius 1 is 1.14 bits per heavy atom. The molecule has 7 nitrogen and oxygen atoms in total. The molecule has 0 fully saturated rings. The van der Waals surface area contributed by atoms with Crippen molar-refractivity contribution in [3.05, 3.63) is 23.8 Å². The van der Waals surface area contributed by atoms with Crippen LogP contribution in [0.5, 0.6) is 17.2 Å². The van der Waals surface area contributed by atoms with Gasteiger partial charge >= 0.3 is 10.3 Å². The topological polar surface area (TPSA) is 88.9 Å². The minimum atomic E-state index is -3.92. The van der Waals surface area contributed by atoms with Gasteiger partial charge in [-0.15, -0.1) is 0 Å². The highest BCUT2D eigenvalue weighted by Crippen LogP contribution is 2.36. The van der Waals surface area contributed by atoms with Crippen LogP contribution in [0.2, 0.25) is 0 Å². The van der Waals surface area contributed by atoms with Crippen molar-refractivity contribution in [2.75, 3.05) is 28.3 Å². The molecular weight excluding hydrogens is 296 g/mol. The van der Waals surface area contributed by atoms with Crippen molar-refractivity contribution in [2.45, 2.75) is 0 Å². The number of methoxy groups -OCH3 is 2. The molecule has 0 radical (unpaired) electrons. The van der Waals surface area contributed by atoms with E-state index >= 15 is 0 Å². The van der Waals surface area contributed by atoms with E-state index in [1.807, 2.05) is 6.07 Å². The maximum absolute atomic E-state index is 11.8. The predicted molar refractivity (Wildman–Crippen MR) is 77.4 cm³/mol. The maximum atomic E-state index is 11.8. The molecular formula is C13H16N2O5S. The fourth-order valence-corrected chi connectivity index (χ4v) is 1.91. The van der Waals surface area contributed by atoms with Crippen molar-refractivity contribution in [3.63, 3.8) is 0 Å². The molecule has 0 N–H and O–H groups in total. The lowest BCUT2D eigenvalue weighted by molar-refractivity contribution is 0.352. The number of ether oxygens (including phenoxy) is 2. The fourth-order valence-electron chi connectivity index (χ4n) is 1.39. The number of rotatable bonds is 6. The van der Waals surface area contributed by atoms with E-state index < -0.39 is 10.3 Å². The summed E-state index contributed by atoms with van der Waals surface area (Å²) >= 11 is 0. The Labute approximate surface area is 124 Å². The molecule has 0 amide bonds. The van der Waals surface area contributed by atoms with Gasteiger partial charge in [-0.1, -0.05) is 0 Å². The molecule has 0 bridgehead atoms. The summed E-state index contributed by atoms with van der Waals surface area (Å²) in [6.07, 6.45) is 2.62. The highest BCUT2D eigenvalue weighted by Gasteiger charge is 2.20. The first-order valence-corrected chi connectivity index (χ1v) is 7.16. The van der Waals surface area contributed by atoms with Crippen molar-refractivity contribution in [1.29, 1.82) is 5.26 Å². The van der Waals surface area contributed by atoms with E-state index in [1.165, 1.54) is 52.6 Å². The minimum Gasteiger partial charge on any atom is -0.493 e. The molecule has 114 valence electrons. The van der Waals surface area contributed by atoms with E-state index in [1.54, 1.807) is 0 Å². The Morgan fingerprint density at radius 2 is 1.71 bits per heavy atom. The molecule has 0 aliphatic carbocycles. The molecule has 0 aromatic heterocycles. The lowest BCUT2D eigenvalue weighted by Gasteiger charge is -2.16. The van der Waals surface area contributed by atoms with Gasteiger partial charge in [0.15, 0.2) is 17.2 Å². The van der Waals surface area contributed by atoms with Gasteiger partial charge in [0.1, 0.15) is 0 Å². The molecule has 1 aromatic rings. The van der Waals surface area contributed by atoms with E-state index in [0.717, 1.165) is 4.31 Å². The minimum absolute atomic E-state index is 0.0350. The zero-order valence-corrected chi connectivity index (χ0v) is 13.0. The molecule has 0 atom stereocenters. The molecule has 0 unspecified atom stereocenters. The van der Waals surface area contributed by atoms with E-state index in [0.29, 0.717) is 17.1 Å². The molecule has 0 aliphatic heterocycles. The van der Waals surface area contributed by atoms with Gasteiger partial charge in [-0.25, -0.2) is 0 Å². The smallest absolute Gasteiger partial charge is 0.384 e. The van der Waals surface area contributed by atoms with Crippen molar-refractivity contribution in [1.82, 2.24) is 4.31 Å². The molecule has 21 heavy (non-hydrogen) atoms. The highest BCUT2D eigenvalue weighted by molar-refractivity contribution is 7.84. The number of benzene rings is 1. The van der Waals surface area contributed by atoms with Gasteiger partial charge in [0.25, 0.3) is 0 Å². The summed E-state index contributed by atoms with van der Waals surface area (Å²) in [5, 5.41) is 8.61. The Bertz CT molecular complexity index is 675. The van der Waals surface area contributed by atoms with Crippen molar-refractivity contribution in [3.8, 4) is 23.3 Å². The quantitative estimate of drug-likeness (QED) is 0.738. The largest absolute Gasteiger partial charge is 0.493 e. The number of nitriles is 1. The molecule has 0 aliphatic rings. The Morgan fingerprint density at radius 3 is 2.19 bits per heavy atom. The SMILES string of the molecule is COc1cc(C=CC#N)c(OS(=O)(=O)N(C)C)cc1OC. The number of nitrogens with zero attached hydrogens (tertiary/aromatic N) is 2. The zero-order chi connectivity index (χ0) is 16.0. The van der Waals surface area contributed by atoms with Gasteiger partial charge in [-0.05, 0) is 12.1 Å². The zero-order valence-electron chi connectivity index (χ0n) is 12.2. The van der Waals surface area contributed by atoms with Crippen LogP contribution in [-0.4, -0.2) is 41.0 Å². The first kappa shape index (κ1) is 16.8. The van der Waals surface area contributed by atoms with Gasteiger partial charge in [0, 0.05) is 31.8 Å². The number of allylic oxidation sites excluding steroid dienone is 1. The maximum Gasteiger partial charge on any atom is 0.384 e. The van der Waals surface area contributed by atoms with Gasteiger partial charge < -0.3 is 13.7 Å². The third kappa shape index (κ3) is 4.11. The van der Waals surface area contributed by atoms with Crippen LogP contribution in [0.25, 0.3) is 6.08 Å². The molecule has 0 heterocycles. The normalized spacial score (nSPS) is 11.4. The van der Waals surface area contributed by atoms with Crippen LogP contribution in [0, 0.1) is 11.3 Å². The van der Waals surface area contributed by atoms with E-state index in [9.17, 15) is 8.42 Å². The lowest BCUT2D eigenvalue weighted by atomic mass is 10.1. The highest BCUT2D eigenvalue weighted by atomic mass is 32.2. The summed E-state index contributed by atoms with van der Waals surface area (Å²) in [5.41, 5.74) is 0.375. The lowest BCUT2D eigenvalue weighted by Crippen LogP contribution is -2.27. The summed E-state index contributed by atoms with van der Waals surface area (Å²) in [5.74, 6) is 0.744. The van der Waals surface area contributed by atoms with Gasteiger partial charge in [0.2, 0.25) is 0 Å². The molecule has 0 spiro atoms. The number of hydrogen-bond acceptors (Lipinski definition) is 6. The van der Waals surface area contributed by atoms with Crippen LogP contribution < -0.4 is 13.7 Å². The summed E-state index contributed by atoms with van der Waals surface area (Å²) in [4.78, 5) is 0. The average Bonchev–Trinajstić information content (AvgIpc) is 2.44. The second-order valence-corrected chi connectivity index (χ2v) is 5.78. The first-order chi connectivity index (χ1) is 9.85. The Kier molecular flexibility index (Phi) is 5.58. The van der Waals surface area contributed by atoms with Crippen LogP contribution in [0.3, 0.4) is 0 Å². The third-order valence-electron chi connectivity index (χ3n) is 2.50. The van der Waals surface area contributed by atoms with Gasteiger partial charge in [-0.3, -0.25) is 0 Å². The van der Waals surface area contributed by atoms with Crippen molar-refractivity contribution >= 4 is 16.4 Å². The Balaban J connectivity index is 3.40. The average molecular weight is 312 g/mol. The van der Waals surface area contributed by atoms with Gasteiger partial charge in [0.05, 0.1) is 20.3 Å². The van der Waals surface area contributed by atoms with E-state index in [4.69, 9.17) is 18.9 Å². The van der Waals surface area contributed by atoms with Crippen LogP contribution in [0.4, 0.5) is 0 Å². The second-order valence-electron chi connectivity index (χ2n) is 4.03. The van der Waals surface area contributed by atoms with Crippen LogP contribution in [-0.2, 0) is 10.3 Å². The van der Waals surface area contributed by atoms with Crippen LogP contribution >= 0.6 is 0 Å². The molecule has 1 rings (SSSR count). The third-order valence-corrected chi connectivity index (χ3v) is 3.78. The van der Waals surface area contributed by atoms with Gasteiger partial charge in [-0.2, -0.15) is 18.0 Å². The van der Waals surface area contributed by atoms with Crippen LogP contribution in [0.1, 0.15) is 5.56 Å². The van der Waals surface area contributed by atoms with Crippen molar-refractivity contribution in [2.24, 2.45) is 0 Å².